The van der Waals surface area contributed by atoms with Gasteiger partial charge in [0.05, 0.1) is 35.1 Å². The van der Waals surface area contributed by atoms with Gasteiger partial charge in [0.15, 0.2) is 5.75 Å². The zero-order valence-electron chi connectivity index (χ0n) is 14.1. The second-order valence-electron chi connectivity index (χ2n) is 5.12. The van der Waals surface area contributed by atoms with Crippen molar-refractivity contribution >= 4 is 38.6 Å². The lowest BCUT2D eigenvalue weighted by Gasteiger charge is -2.10. The van der Waals surface area contributed by atoms with Crippen LogP contribution in [0.4, 0.5) is 10.8 Å². The van der Waals surface area contributed by atoms with E-state index >= 15 is 0 Å². The van der Waals surface area contributed by atoms with Crippen molar-refractivity contribution in [2.75, 3.05) is 19.1 Å². The number of anilines is 1. The third-order valence-corrected chi connectivity index (χ3v) is 4.37. The molecule has 9 heteroatoms. The number of methoxy groups -OCH3 is 1. The first-order chi connectivity index (χ1) is 12.6. The van der Waals surface area contributed by atoms with Crippen LogP contribution >= 0.6 is 11.3 Å². The summed E-state index contributed by atoms with van der Waals surface area (Å²) in [5, 5.41) is 16.0. The van der Waals surface area contributed by atoms with Gasteiger partial charge in [0.2, 0.25) is 10.9 Å². The molecule has 134 valence electrons. The van der Waals surface area contributed by atoms with Crippen molar-refractivity contribution in [2.24, 2.45) is 5.10 Å². The monoisotopic (exact) mass is 372 g/mol. The maximum Gasteiger partial charge on any atom is 0.315 e. The van der Waals surface area contributed by atoms with Gasteiger partial charge in [-0.05, 0) is 25.1 Å². The molecule has 0 atom stereocenters. The Hall–Kier alpha value is -3.20. The summed E-state index contributed by atoms with van der Waals surface area (Å²) in [6.07, 6.45) is 1.47. The standard InChI is InChI=1S/C17H16N4O4S/c1-3-25-14-9-11(8-13(21(22)23)16(14)24-2)10-18-20-17-19-12-6-4-5-7-15(12)26-17/h4-10H,3H2,1-2H3,(H,19,20)/b18-10-. The van der Waals surface area contributed by atoms with Crippen molar-refractivity contribution in [3.8, 4) is 11.5 Å². The van der Waals surface area contributed by atoms with Crippen LogP contribution in [0.1, 0.15) is 12.5 Å². The van der Waals surface area contributed by atoms with Gasteiger partial charge in [-0.25, -0.2) is 4.98 Å². The zero-order chi connectivity index (χ0) is 18.5. The Bertz CT molecular complexity index is 938. The van der Waals surface area contributed by atoms with Crippen LogP contribution < -0.4 is 14.9 Å². The molecular formula is C17H16N4O4S. The fourth-order valence-electron chi connectivity index (χ4n) is 2.37. The van der Waals surface area contributed by atoms with Crippen molar-refractivity contribution < 1.29 is 14.4 Å². The zero-order valence-corrected chi connectivity index (χ0v) is 14.9. The normalized spacial score (nSPS) is 11.0. The maximum atomic E-state index is 11.3. The Morgan fingerprint density at radius 1 is 1.38 bits per heavy atom. The van der Waals surface area contributed by atoms with E-state index in [-0.39, 0.29) is 11.4 Å². The number of benzene rings is 2. The fraction of sp³-hybridized carbons (Fsp3) is 0.176. The van der Waals surface area contributed by atoms with Gasteiger partial charge >= 0.3 is 5.69 Å². The van der Waals surface area contributed by atoms with Crippen LogP contribution in [0.3, 0.4) is 0 Å². The molecule has 0 radical (unpaired) electrons. The van der Waals surface area contributed by atoms with Crippen molar-refractivity contribution in [1.82, 2.24) is 4.98 Å². The SMILES string of the molecule is CCOc1cc(/C=N\Nc2nc3ccccc3s2)cc([N+](=O)[O-])c1OC. The number of hydrazone groups is 1. The minimum absolute atomic E-state index is 0.0909. The second-order valence-corrected chi connectivity index (χ2v) is 6.15. The van der Waals surface area contributed by atoms with Gasteiger partial charge in [0.25, 0.3) is 0 Å². The summed E-state index contributed by atoms with van der Waals surface area (Å²) >= 11 is 1.47. The van der Waals surface area contributed by atoms with Gasteiger partial charge in [0.1, 0.15) is 0 Å². The van der Waals surface area contributed by atoms with Gasteiger partial charge in [-0.1, -0.05) is 23.5 Å². The van der Waals surface area contributed by atoms with Gasteiger partial charge < -0.3 is 9.47 Å². The van der Waals surface area contributed by atoms with Crippen LogP contribution in [-0.2, 0) is 0 Å². The highest BCUT2D eigenvalue weighted by Gasteiger charge is 2.21. The number of nitro benzene ring substituents is 1. The molecule has 0 saturated heterocycles. The highest BCUT2D eigenvalue weighted by Crippen LogP contribution is 2.37. The number of nitrogens with zero attached hydrogens (tertiary/aromatic N) is 3. The Morgan fingerprint density at radius 2 is 2.19 bits per heavy atom. The first kappa shape index (κ1) is 17.6. The number of hydrogen-bond donors (Lipinski definition) is 1. The van der Waals surface area contributed by atoms with Gasteiger partial charge in [-0.3, -0.25) is 15.5 Å². The summed E-state index contributed by atoms with van der Waals surface area (Å²) in [6, 6.07) is 10.8. The van der Waals surface area contributed by atoms with Crippen LogP contribution in [0.5, 0.6) is 11.5 Å². The maximum absolute atomic E-state index is 11.3. The lowest BCUT2D eigenvalue weighted by atomic mass is 10.2. The molecule has 0 fully saturated rings. The first-order valence-electron chi connectivity index (χ1n) is 7.76. The molecule has 8 nitrogen and oxygen atoms in total. The van der Waals surface area contributed by atoms with Crippen molar-refractivity contribution in [1.29, 1.82) is 0 Å². The lowest BCUT2D eigenvalue weighted by molar-refractivity contribution is -0.385. The molecule has 1 heterocycles. The van der Waals surface area contributed by atoms with Crippen LogP contribution in [-0.4, -0.2) is 29.8 Å². The molecule has 1 N–H and O–H groups in total. The van der Waals surface area contributed by atoms with Crippen LogP contribution in [0.2, 0.25) is 0 Å². The number of para-hydroxylation sites is 1. The van der Waals surface area contributed by atoms with Crippen LogP contribution in [0.25, 0.3) is 10.2 Å². The van der Waals surface area contributed by atoms with E-state index in [1.54, 1.807) is 13.0 Å². The van der Waals surface area contributed by atoms with Gasteiger partial charge in [-0.15, -0.1) is 0 Å². The summed E-state index contributed by atoms with van der Waals surface area (Å²) in [4.78, 5) is 15.2. The number of thiazole rings is 1. The summed E-state index contributed by atoms with van der Waals surface area (Å²) in [5.74, 6) is 0.388. The fourth-order valence-corrected chi connectivity index (χ4v) is 3.18. The molecule has 3 aromatic rings. The molecule has 1 aromatic heterocycles. The minimum Gasteiger partial charge on any atom is -0.490 e. The van der Waals surface area contributed by atoms with E-state index in [0.29, 0.717) is 23.1 Å². The third-order valence-electron chi connectivity index (χ3n) is 3.43. The molecule has 0 amide bonds. The predicted molar refractivity (Wildman–Crippen MR) is 102 cm³/mol. The second kappa shape index (κ2) is 7.79. The molecule has 0 aliphatic rings. The third kappa shape index (κ3) is 3.72. The van der Waals surface area contributed by atoms with E-state index in [1.807, 2.05) is 24.3 Å². The number of fused-ring (bicyclic) bond motifs is 1. The number of hydrogen-bond acceptors (Lipinski definition) is 8. The molecule has 0 spiro atoms. The highest BCUT2D eigenvalue weighted by molar-refractivity contribution is 7.22. The Labute approximate surface area is 153 Å². The van der Waals surface area contributed by atoms with E-state index in [0.717, 1.165) is 10.2 Å². The first-order valence-corrected chi connectivity index (χ1v) is 8.58. The molecule has 0 unspecified atom stereocenters. The van der Waals surface area contributed by atoms with Gasteiger partial charge in [0, 0.05) is 11.6 Å². The van der Waals surface area contributed by atoms with Crippen molar-refractivity contribution in [3.63, 3.8) is 0 Å². The van der Waals surface area contributed by atoms with E-state index < -0.39 is 4.92 Å². The molecule has 0 aliphatic heterocycles. The van der Waals surface area contributed by atoms with E-state index in [4.69, 9.17) is 9.47 Å². The topological polar surface area (TPSA) is 98.9 Å². The minimum atomic E-state index is -0.514. The van der Waals surface area contributed by atoms with Crippen molar-refractivity contribution in [3.05, 3.63) is 52.1 Å². The van der Waals surface area contributed by atoms with E-state index in [1.165, 1.54) is 30.7 Å². The lowest BCUT2D eigenvalue weighted by Crippen LogP contribution is -2.01. The Morgan fingerprint density at radius 3 is 2.88 bits per heavy atom. The highest BCUT2D eigenvalue weighted by atomic mass is 32.1. The Kier molecular flexibility index (Phi) is 5.28. The number of rotatable bonds is 7. The molecule has 26 heavy (non-hydrogen) atoms. The van der Waals surface area contributed by atoms with Crippen LogP contribution in [0.15, 0.2) is 41.5 Å². The molecule has 0 saturated carbocycles. The van der Waals surface area contributed by atoms with Crippen LogP contribution in [0, 0.1) is 10.1 Å². The number of ether oxygens (including phenoxy) is 2. The van der Waals surface area contributed by atoms with E-state index in [2.05, 4.69) is 15.5 Å². The summed E-state index contributed by atoms with van der Waals surface area (Å²) in [6.45, 7) is 2.15. The molecule has 0 aliphatic carbocycles. The van der Waals surface area contributed by atoms with Crippen molar-refractivity contribution in [2.45, 2.75) is 6.92 Å². The Balaban J connectivity index is 1.85. The van der Waals surface area contributed by atoms with Gasteiger partial charge in [-0.2, -0.15) is 5.10 Å². The number of aromatic nitrogens is 1. The number of nitrogens with one attached hydrogen (secondary N) is 1. The molecule has 2 aromatic carbocycles. The number of nitro groups is 1. The summed E-state index contributed by atoms with van der Waals surface area (Å²) in [7, 11) is 1.37. The summed E-state index contributed by atoms with van der Waals surface area (Å²) < 4.78 is 11.6. The predicted octanol–water partition coefficient (Wildman–Crippen LogP) is 4.06. The molecular weight excluding hydrogens is 356 g/mol. The summed E-state index contributed by atoms with van der Waals surface area (Å²) in [5.41, 5.74) is 4.06. The average molecular weight is 372 g/mol. The quantitative estimate of drug-likeness (QED) is 0.381. The smallest absolute Gasteiger partial charge is 0.315 e. The largest absolute Gasteiger partial charge is 0.490 e. The molecule has 0 bridgehead atoms. The van der Waals surface area contributed by atoms with E-state index in [9.17, 15) is 10.1 Å². The molecule has 3 rings (SSSR count). The average Bonchev–Trinajstić information content (AvgIpc) is 3.04.